The molecule has 0 saturated carbocycles. The van der Waals surface area contributed by atoms with E-state index >= 15 is 0 Å². The molecule has 4 nitrogen and oxygen atoms in total. The molecular formula is C13H19NO3. The van der Waals surface area contributed by atoms with Crippen molar-refractivity contribution in [2.75, 3.05) is 25.1 Å². The molecule has 1 aromatic rings. The number of phenols is 1. The number of benzene rings is 1. The number of hydrogen-bond donors (Lipinski definition) is 2. The summed E-state index contributed by atoms with van der Waals surface area (Å²) >= 11 is 0. The van der Waals surface area contributed by atoms with Crippen molar-refractivity contribution in [2.45, 2.75) is 25.6 Å². The van der Waals surface area contributed by atoms with Crippen LogP contribution in [-0.2, 0) is 4.74 Å². The number of nitrogens with zero attached hydrogens (tertiary/aromatic N) is 1. The van der Waals surface area contributed by atoms with Crippen LogP contribution in [0.5, 0.6) is 5.75 Å². The van der Waals surface area contributed by atoms with Crippen molar-refractivity contribution >= 4 is 5.69 Å². The van der Waals surface area contributed by atoms with E-state index in [1.165, 1.54) is 0 Å². The van der Waals surface area contributed by atoms with Crippen LogP contribution in [0.1, 0.15) is 25.0 Å². The Bertz CT molecular complexity index is 392. The number of aliphatic hydroxyl groups excluding tert-OH is 1. The van der Waals surface area contributed by atoms with E-state index in [4.69, 9.17) is 4.74 Å². The van der Waals surface area contributed by atoms with Gasteiger partial charge in [0.1, 0.15) is 5.75 Å². The second kappa shape index (κ2) is 4.94. The van der Waals surface area contributed by atoms with Gasteiger partial charge in [-0.2, -0.15) is 0 Å². The molecule has 0 amide bonds. The number of aliphatic hydroxyl groups is 1. The number of ether oxygens (including phenoxy) is 1. The molecule has 1 heterocycles. The Morgan fingerprint density at radius 1 is 1.47 bits per heavy atom. The fourth-order valence-electron chi connectivity index (χ4n) is 2.24. The van der Waals surface area contributed by atoms with Crippen molar-refractivity contribution in [2.24, 2.45) is 0 Å². The largest absolute Gasteiger partial charge is 0.507 e. The van der Waals surface area contributed by atoms with Gasteiger partial charge in [-0.3, -0.25) is 0 Å². The molecule has 1 aromatic carbocycles. The van der Waals surface area contributed by atoms with E-state index in [2.05, 4.69) is 4.90 Å². The summed E-state index contributed by atoms with van der Waals surface area (Å²) in [6.45, 7) is 3.43. The van der Waals surface area contributed by atoms with Gasteiger partial charge in [0.25, 0.3) is 0 Å². The second-order valence-corrected chi connectivity index (χ2v) is 4.51. The van der Waals surface area contributed by atoms with Crippen molar-refractivity contribution in [3.8, 4) is 5.75 Å². The van der Waals surface area contributed by atoms with Crippen molar-refractivity contribution < 1.29 is 14.9 Å². The minimum Gasteiger partial charge on any atom is -0.507 e. The summed E-state index contributed by atoms with van der Waals surface area (Å²) < 4.78 is 5.31. The number of rotatable bonds is 3. The zero-order valence-corrected chi connectivity index (χ0v) is 10.3. The van der Waals surface area contributed by atoms with Crippen LogP contribution in [0.2, 0.25) is 0 Å². The van der Waals surface area contributed by atoms with Gasteiger partial charge < -0.3 is 19.8 Å². The first kappa shape index (κ1) is 12.2. The van der Waals surface area contributed by atoms with Crippen LogP contribution in [0.15, 0.2) is 18.2 Å². The highest BCUT2D eigenvalue weighted by molar-refractivity contribution is 5.54. The summed E-state index contributed by atoms with van der Waals surface area (Å²) in [5.74, 6) is 0.151. The molecule has 2 N–H and O–H groups in total. The Kier molecular flexibility index (Phi) is 3.54. The van der Waals surface area contributed by atoms with Crippen molar-refractivity contribution in [3.05, 3.63) is 23.8 Å². The Morgan fingerprint density at radius 2 is 2.24 bits per heavy atom. The summed E-state index contributed by atoms with van der Waals surface area (Å²) in [6, 6.07) is 5.41. The normalized spacial score (nSPS) is 21.8. The Labute approximate surface area is 101 Å². The quantitative estimate of drug-likeness (QED) is 0.839. The van der Waals surface area contributed by atoms with E-state index in [0.717, 1.165) is 25.2 Å². The zero-order chi connectivity index (χ0) is 12.4. The lowest BCUT2D eigenvalue weighted by Gasteiger charge is -2.19. The van der Waals surface area contributed by atoms with Crippen LogP contribution in [0.25, 0.3) is 0 Å². The van der Waals surface area contributed by atoms with Gasteiger partial charge in [0.05, 0.1) is 12.2 Å². The third-order valence-corrected chi connectivity index (χ3v) is 3.31. The van der Waals surface area contributed by atoms with E-state index in [0.29, 0.717) is 5.56 Å². The molecule has 0 bridgehead atoms. The SMILES string of the molecule is COC1CCN(c2ccc(C(C)O)c(O)c2)C1. The van der Waals surface area contributed by atoms with E-state index in [-0.39, 0.29) is 11.9 Å². The number of methoxy groups -OCH3 is 1. The predicted octanol–water partition coefficient (Wildman–Crippen LogP) is 1.67. The molecule has 2 rings (SSSR count). The average Bonchev–Trinajstić information content (AvgIpc) is 2.76. The van der Waals surface area contributed by atoms with Crippen LogP contribution < -0.4 is 4.90 Å². The van der Waals surface area contributed by atoms with Gasteiger partial charge in [0, 0.05) is 37.5 Å². The summed E-state index contributed by atoms with van der Waals surface area (Å²) in [4.78, 5) is 2.18. The lowest BCUT2D eigenvalue weighted by Crippen LogP contribution is -2.22. The lowest BCUT2D eigenvalue weighted by molar-refractivity contribution is 0.121. The van der Waals surface area contributed by atoms with Gasteiger partial charge in [-0.15, -0.1) is 0 Å². The minimum absolute atomic E-state index is 0.151. The third-order valence-electron chi connectivity index (χ3n) is 3.31. The summed E-state index contributed by atoms with van der Waals surface area (Å²) in [7, 11) is 1.72. The monoisotopic (exact) mass is 237 g/mol. The van der Waals surface area contributed by atoms with Gasteiger partial charge in [0.2, 0.25) is 0 Å². The van der Waals surface area contributed by atoms with Crippen LogP contribution in [-0.4, -0.2) is 36.5 Å². The van der Waals surface area contributed by atoms with Crippen molar-refractivity contribution in [3.63, 3.8) is 0 Å². The zero-order valence-electron chi connectivity index (χ0n) is 10.3. The molecule has 1 saturated heterocycles. The standard InChI is InChI=1S/C13H19NO3/c1-9(15)12-4-3-10(7-13(12)16)14-6-5-11(8-14)17-2/h3-4,7,9,11,15-16H,5-6,8H2,1-2H3. The van der Waals surface area contributed by atoms with Crippen molar-refractivity contribution in [1.29, 1.82) is 0 Å². The molecule has 0 spiro atoms. The van der Waals surface area contributed by atoms with Gasteiger partial charge in [-0.1, -0.05) is 6.07 Å². The summed E-state index contributed by atoms with van der Waals surface area (Å²) in [6.07, 6.45) is 0.637. The first-order valence-corrected chi connectivity index (χ1v) is 5.90. The Hall–Kier alpha value is -1.26. The van der Waals surface area contributed by atoms with E-state index in [1.807, 2.05) is 6.07 Å². The maximum absolute atomic E-state index is 9.83. The highest BCUT2D eigenvalue weighted by Crippen LogP contribution is 2.30. The first-order chi connectivity index (χ1) is 8.11. The number of phenolic OH excluding ortho intramolecular Hbond substituents is 1. The number of anilines is 1. The Morgan fingerprint density at radius 3 is 2.76 bits per heavy atom. The topological polar surface area (TPSA) is 52.9 Å². The predicted molar refractivity (Wildman–Crippen MR) is 66.4 cm³/mol. The fraction of sp³-hybridized carbons (Fsp3) is 0.538. The van der Waals surface area contributed by atoms with Crippen LogP contribution >= 0.6 is 0 Å². The Balaban J connectivity index is 2.15. The molecule has 17 heavy (non-hydrogen) atoms. The second-order valence-electron chi connectivity index (χ2n) is 4.51. The molecular weight excluding hydrogens is 218 g/mol. The van der Waals surface area contributed by atoms with E-state index in [1.54, 1.807) is 26.2 Å². The molecule has 1 fully saturated rings. The van der Waals surface area contributed by atoms with Crippen molar-refractivity contribution in [1.82, 2.24) is 0 Å². The molecule has 0 aromatic heterocycles. The molecule has 2 unspecified atom stereocenters. The molecule has 4 heteroatoms. The van der Waals surface area contributed by atoms with Crippen LogP contribution in [0.3, 0.4) is 0 Å². The molecule has 0 radical (unpaired) electrons. The molecule has 0 aliphatic carbocycles. The van der Waals surface area contributed by atoms with Gasteiger partial charge >= 0.3 is 0 Å². The van der Waals surface area contributed by atoms with Crippen LogP contribution in [0, 0.1) is 0 Å². The highest BCUT2D eigenvalue weighted by Gasteiger charge is 2.22. The maximum atomic E-state index is 9.83. The third kappa shape index (κ3) is 2.53. The molecule has 1 aliphatic heterocycles. The average molecular weight is 237 g/mol. The van der Waals surface area contributed by atoms with E-state index in [9.17, 15) is 10.2 Å². The van der Waals surface area contributed by atoms with Gasteiger partial charge in [-0.25, -0.2) is 0 Å². The summed E-state index contributed by atoms with van der Waals surface area (Å²) in [5, 5.41) is 19.3. The molecule has 1 aliphatic rings. The fourth-order valence-corrected chi connectivity index (χ4v) is 2.24. The first-order valence-electron chi connectivity index (χ1n) is 5.90. The minimum atomic E-state index is -0.644. The molecule has 2 atom stereocenters. The van der Waals surface area contributed by atoms with Gasteiger partial charge in [-0.05, 0) is 19.4 Å². The molecule has 94 valence electrons. The highest BCUT2D eigenvalue weighted by atomic mass is 16.5. The smallest absolute Gasteiger partial charge is 0.123 e. The number of hydrogen-bond acceptors (Lipinski definition) is 4. The van der Waals surface area contributed by atoms with Crippen LogP contribution in [0.4, 0.5) is 5.69 Å². The number of aromatic hydroxyl groups is 1. The van der Waals surface area contributed by atoms with Gasteiger partial charge in [0.15, 0.2) is 0 Å². The maximum Gasteiger partial charge on any atom is 0.123 e. The summed E-state index contributed by atoms with van der Waals surface area (Å²) in [5.41, 5.74) is 1.54. The lowest BCUT2D eigenvalue weighted by atomic mass is 10.1. The van der Waals surface area contributed by atoms with E-state index < -0.39 is 6.10 Å².